The molecule has 2 aliphatic rings. The van der Waals surface area contributed by atoms with Gasteiger partial charge >= 0.3 is 0 Å². The van der Waals surface area contributed by atoms with E-state index in [0.29, 0.717) is 11.6 Å². The third kappa shape index (κ3) is 3.97. The molecule has 3 aromatic rings. The molecule has 0 bridgehead atoms. The summed E-state index contributed by atoms with van der Waals surface area (Å²) in [5, 5.41) is 1.29. The van der Waals surface area contributed by atoms with Gasteiger partial charge in [0.1, 0.15) is 10.5 Å². The van der Waals surface area contributed by atoms with Crippen molar-refractivity contribution in [2.75, 3.05) is 39.4 Å². The van der Waals surface area contributed by atoms with Crippen LogP contribution in [-0.2, 0) is 11.3 Å². The molecule has 0 atom stereocenters. The number of nitrogens with zero attached hydrogens (tertiary/aromatic N) is 4. The summed E-state index contributed by atoms with van der Waals surface area (Å²) in [7, 11) is 0. The van der Waals surface area contributed by atoms with Crippen LogP contribution in [-0.4, -0.2) is 65.1 Å². The Morgan fingerprint density at radius 1 is 1.03 bits per heavy atom. The van der Waals surface area contributed by atoms with Gasteiger partial charge in [0.15, 0.2) is 0 Å². The van der Waals surface area contributed by atoms with Crippen LogP contribution in [0.1, 0.15) is 39.7 Å². The summed E-state index contributed by atoms with van der Waals surface area (Å²) in [4.78, 5) is 28.6. The highest BCUT2D eigenvalue weighted by Crippen LogP contribution is 2.40. The molecular weight excluding hydrogens is 396 g/mol. The number of pyridine rings is 2. The highest BCUT2D eigenvalue weighted by atomic mass is 32.1. The van der Waals surface area contributed by atoms with E-state index in [0.717, 1.165) is 63.6 Å². The van der Waals surface area contributed by atoms with Crippen LogP contribution in [0.5, 0.6) is 0 Å². The molecule has 0 aliphatic carbocycles. The first-order valence-electron chi connectivity index (χ1n) is 10.7. The Morgan fingerprint density at radius 3 is 2.60 bits per heavy atom. The maximum atomic E-state index is 12.8. The first-order chi connectivity index (χ1) is 14.8. The van der Waals surface area contributed by atoms with E-state index in [1.807, 2.05) is 40.6 Å². The minimum atomic E-state index is 0.0411. The minimum Gasteiger partial charge on any atom is -0.379 e. The maximum Gasteiger partial charge on any atom is 0.272 e. The molecule has 5 heterocycles. The molecule has 30 heavy (non-hydrogen) atoms. The van der Waals surface area contributed by atoms with E-state index in [1.165, 1.54) is 15.8 Å². The van der Waals surface area contributed by atoms with Gasteiger partial charge in [-0.3, -0.25) is 14.7 Å². The van der Waals surface area contributed by atoms with Crippen LogP contribution in [0.4, 0.5) is 0 Å². The summed E-state index contributed by atoms with van der Waals surface area (Å²) in [5.41, 5.74) is 1.99. The van der Waals surface area contributed by atoms with Gasteiger partial charge in [0, 0.05) is 55.4 Å². The average molecular weight is 423 g/mol. The molecular formula is C23H26N4O2S. The van der Waals surface area contributed by atoms with Crippen molar-refractivity contribution < 1.29 is 9.53 Å². The van der Waals surface area contributed by atoms with Gasteiger partial charge in [0.2, 0.25) is 0 Å². The molecule has 2 aliphatic heterocycles. The number of piperidine rings is 1. The van der Waals surface area contributed by atoms with Crippen molar-refractivity contribution in [3.05, 3.63) is 58.9 Å². The third-order valence-corrected chi connectivity index (χ3v) is 7.24. The summed E-state index contributed by atoms with van der Waals surface area (Å²) >= 11 is 1.83. The van der Waals surface area contributed by atoms with E-state index < -0.39 is 0 Å². The van der Waals surface area contributed by atoms with Crippen molar-refractivity contribution in [3.8, 4) is 0 Å². The molecule has 7 heteroatoms. The van der Waals surface area contributed by atoms with Crippen LogP contribution in [0.3, 0.4) is 0 Å². The van der Waals surface area contributed by atoms with Crippen molar-refractivity contribution >= 4 is 27.5 Å². The van der Waals surface area contributed by atoms with E-state index >= 15 is 0 Å². The molecule has 1 amide bonds. The van der Waals surface area contributed by atoms with Crippen molar-refractivity contribution in [2.45, 2.75) is 25.3 Å². The first kappa shape index (κ1) is 19.6. The van der Waals surface area contributed by atoms with E-state index in [1.54, 1.807) is 12.3 Å². The number of rotatable bonds is 4. The SMILES string of the molecule is O=C(c1ccccn1)N1CCC(c2c(CN3CCOCC3)sc3ncccc23)CC1. The van der Waals surface area contributed by atoms with Gasteiger partial charge < -0.3 is 9.64 Å². The summed E-state index contributed by atoms with van der Waals surface area (Å²) in [6.45, 7) is 6.10. The smallest absolute Gasteiger partial charge is 0.272 e. The molecule has 0 spiro atoms. The number of amides is 1. The number of ether oxygens (including phenoxy) is 1. The minimum absolute atomic E-state index is 0.0411. The fourth-order valence-electron chi connectivity index (χ4n) is 4.55. The fourth-order valence-corrected chi connectivity index (χ4v) is 5.82. The molecule has 0 aromatic carbocycles. The molecule has 3 aromatic heterocycles. The predicted octanol–water partition coefficient (Wildman–Crippen LogP) is 3.54. The van der Waals surface area contributed by atoms with Gasteiger partial charge in [0.25, 0.3) is 5.91 Å². The van der Waals surface area contributed by atoms with Crippen LogP contribution in [0.15, 0.2) is 42.7 Å². The monoisotopic (exact) mass is 422 g/mol. The van der Waals surface area contributed by atoms with Crippen LogP contribution in [0, 0.1) is 0 Å². The Balaban J connectivity index is 1.35. The average Bonchev–Trinajstić information content (AvgIpc) is 3.17. The van der Waals surface area contributed by atoms with Crippen LogP contribution in [0.25, 0.3) is 10.2 Å². The summed E-state index contributed by atoms with van der Waals surface area (Å²) < 4.78 is 5.52. The topological polar surface area (TPSA) is 58.6 Å². The van der Waals surface area contributed by atoms with Gasteiger partial charge in [-0.2, -0.15) is 0 Å². The van der Waals surface area contributed by atoms with Gasteiger partial charge in [0.05, 0.1) is 13.2 Å². The van der Waals surface area contributed by atoms with Crippen LogP contribution >= 0.6 is 11.3 Å². The molecule has 0 radical (unpaired) electrons. The molecule has 156 valence electrons. The number of likely N-dealkylation sites (tertiary alicyclic amines) is 1. The number of morpholine rings is 1. The quantitative estimate of drug-likeness (QED) is 0.644. The van der Waals surface area contributed by atoms with E-state index in [-0.39, 0.29) is 5.91 Å². The number of fused-ring (bicyclic) bond motifs is 1. The molecule has 0 saturated carbocycles. The summed E-state index contributed by atoms with van der Waals surface area (Å²) in [6, 6.07) is 9.76. The predicted molar refractivity (Wildman–Crippen MR) is 118 cm³/mol. The largest absolute Gasteiger partial charge is 0.379 e. The molecule has 0 unspecified atom stereocenters. The second kappa shape index (κ2) is 8.79. The van der Waals surface area contributed by atoms with Gasteiger partial charge in [-0.05, 0) is 42.5 Å². The molecule has 0 N–H and O–H groups in total. The Hall–Kier alpha value is -2.35. The van der Waals surface area contributed by atoms with Crippen molar-refractivity contribution in [1.29, 1.82) is 0 Å². The Labute approximate surface area is 180 Å². The zero-order chi connectivity index (χ0) is 20.3. The zero-order valence-corrected chi connectivity index (χ0v) is 17.8. The number of aromatic nitrogens is 2. The highest BCUT2D eigenvalue weighted by Gasteiger charge is 2.29. The number of hydrogen-bond donors (Lipinski definition) is 0. The Bertz CT molecular complexity index is 1010. The zero-order valence-electron chi connectivity index (χ0n) is 17.0. The third-order valence-electron chi connectivity index (χ3n) is 6.13. The number of carbonyl (C=O) groups is 1. The lowest BCUT2D eigenvalue weighted by Gasteiger charge is -2.33. The number of carbonyl (C=O) groups excluding carboxylic acids is 1. The lowest BCUT2D eigenvalue weighted by Crippen LogP contribution is -2.38. The van der Waals surface area contributed by atoms with E-state index in [2.05, 4.69) is 20.9 Å². The van der Waals surface area contributed by atoms with Crippen LogP contribution < -0.4 is 0 Å². The van der Waals surface area contributed by atoms with Crippen LogP contribution in [0.2, 0.25) is 0 Å². The fraction of sp³-hybridized carbons (Fsp3) is 0.435. The number of thiophene rings is 1. The second-order valence-electron chi connectivity index (χ2n) is 7.97. The van der Waals surface area contributed by atoms with Gasteiger partial charge in [-0.25, -0.2) is 4.98 Å². The van der Waals surface area contributed by atoms with Crippen molar-refractivity contribution in [1.82, 2.24) is 19.8 Å². The summed E-state index contributed by atoms with van der Waals surface area (Å²) in [5.74, 6) is 0.506. The second-order valence-corrected chi connectivity index (χ2v) is 9.05. The lowest BCUT2D eigenvalue weighted by atomic mass is 9.87. The normalized spacial score (nSPS) is 18.7. The van der Waals surface area contributed by atoms with Crippen molar-refractivity contribution in [3.63, 3.8) is 0 Å². The first-order valence-corrected chi connectivity index (χ1v) is 11.5. The van der Waals surface area contributed by atoms with Crippen molar-refractivity contribution in [2.24, 2.45) is 0 Å². The molecule has 5 rings (SSSR count). The van der Waals surface area contributed by atoms with E-state index in [4.69, 9.17) is 4.74 Å². The molecule has 6 nitrogen and oxygen atoms in total. The van der Waals surface area contributed by atoms with E-state index in [9.17, 15) is 4.79 Å². The lowest BCUT2D eigenvalue weighted by molar-refractivity contribution is 0.0345. The number of hydrogen-bond acceptors (Lipinski definition) is 6. The van der Waals surface area contributed by atoms with Gasteiger partial charge in [-0.15, -0.1) is 11.3 Å². The highest BCUT2D eigenvalue weighted by molar-refractivity contribution is 7.18. The Kier molecular flexibility index (Phi) is 5.75. The molecule has 2 saturated heterocycles. The summed E-state index contributed by atoms with van der Waals surface area (Å²) in [6.07, 6.45) is 5.53. The Morgan fingerprint density at radius 2 is 1.83 bits per heavy atom. The molecule has 2 fully saturated rings. The maximum absolute atomic E-state index is 12.8. The van der Waals surface area contributed by atoms with Gasteiger partial charge in [-0.1, -0.05) is 12.1 Å². The standard InChI is InChI=1S/C23H26N4O2S/c28-23(19-5-1-2-8-24-19)27-10-6-17(7-11-27)21-18-4-3-9-25-22(18)30-20(21)16-26-12-14-29-15-13-26/h1-5,8-9,17H,6-7,10-16H2.